The number of thiazole rings is 1. The Balaban J connectivity index is 1.63. The highest BCUT2D eigenvalue weighted by Crippen LogP contribution is 2.32. The molecule has 1 fully saturated rings. The molecule has 3 heterocycles. The van der Waals surface area contributed by atoms with Gasteiger partial charge in [0, 0.05) is 42.2 Å². The lowest BCUT2D eigenvalue weighted by atomic mass is 9.98. The topological polar surface area (TPSA) is 148 Å². The Kier molecular flexibility index (Phi) is 9.66. The Morgan fingerprint density at radius 1 is 1.02 bits per heavy atom. The molecule has 0 spiro atoms. The highest BCUT2D eigenvalue weighted by molar-refractivity contribution is 7.17. The van der Waals surface area contributed by atoms with Crippen LogP contribution in [0.3, 0.4) is 0 Å². The summed E-state index contributed by atoms with van der Waals surface area (Å²) in [5.74, 6) is -0.0569. The number of rotatable bonds is 6. The van der Waals surface area contributed by atoms with E-state index in [0.717, 1.165) is 10.0 Å². The van der Waals surface area contributed by atoms with E-state index < -0.39 is 23.4 Å². The van der Waals surface area contributed by atoms with Gasteiger partial charge in [0.05, 0.1) is 42.0 Å². The van der Waals surface area contributed by atoms with Crippen LogP contribution in [0.1, 0.15) is 73.6 Å². The number of anilines is 1. The molecule has 1 aliphatic heterocycles. The molecule has 0 atom stereocenters. The SMILES string of the molecule is Cc1nc(N2CCOCC2)sc1C(=O)c1cc(C#N)ccc1-c1ncc(CN(C(=O)OC(C)(C)C)C(=O)OC(C)(C)C)cn1. The number of aromatic nitrogens is 3. The van der Waals surface area contributed by atoms with Gasteiger partial charge in [-0.1, -0.05) is 11.3 Å². The van der Waals surface area contributed by atoms with E-state index in [4.69, 9.17) is 14.2 Å². The van der Waals surface area contributed by atoms with Gasteiger partial charge in [-0.25, -0.2) is 29.4 Å². The maximum atomic E-state index is 13.9. The van der Waals surface area contributed by atoms with Crippen molar-refractivity contribution in [3.8, 4) is 17.5 Å². The smallest absolute Gasteiger partial charge is 0.420 e. The Morgan fingerprint density at radius 2 is 1.61 bits per heavy atom. The first-order chi connectivity index (χ1) is 20.6. The summed E-state index contributed by atoms with van der Waals surface area (Å²) in [6.07, 6.45) is 1.19. The van der Waals surface area contributed by atoms with Crippen molar-refractivity contribution in [3.05, 3.63) is 57.9 Å². The van der Waals surface area contributed by atoms with Crippen molar-refractivity contribution in [1.82, 2.24) is 19.9 Å². The van der Waals surface area contributed by atoms with Gasteiger partial charge in [-0.15, -0.1) is 0 Å². The first kappa shape index (κ1) is 32.5. The minimum absolute atomic E-state index is 0.201. The van der Waals surface area contributed by atoms with E-state index in [-0.39, 0.29) is 23.7 Å². The predicted octanol–water partition coefficient (Wildman–Crippen LogP) is 5.52. The summed E-state index contributed by atoms with van der Waals surface area (Å²) < 4.78 is 16.3. The van der Waals surface area contributed by atoms with Crippen molar-refractivity contribution in [2.75, 3.05) is 31.2 Å². The summed E-state index contributed by atoms with van der Waals surface area (Å²) in [5, 5.41) is 10.3. The Labute approximate surface area is 260 Å². The van der Waals surface area contributed by atoms with Crippen LogP contribution < -0.4 is 4.90 Å². The van der Waals surface area contributed by atoms with Crippen molar-refractivity contribution >= 4 is 34.4 Å². The number of imide groups is 1. The number of hydrogen-bond donors (Lipinski definition) is 0. The quantitative estimate of drug-likeness (QED) is 0.321. The summed E-state index contributed by atoms with van der Waals surface area (Å²) in [6.45, 7) is 14.3. The fourth-order valence-corrected chi connectivity index (χ4v) is 5.27. The standard InChI is InChI=1S/C31H36N6O6S/c1-19-25(44-27(35-19)36-10-12-41-13-11-36)24(38)23-14-20(15-32)8-9-22(23)26-33-16-21(17-34-26)18-37(28(39)42-30(2,3)4)29(40)43-31(5,6)7/h8-9,14,16-17H,10-13,18H2,1-7H3. The molecule has 13 heteroatoms. The highest BCUT2D eigenvalue weighted by Gasteiger charge is 2.32. The number of carbonyl (C=O) groups excluding carboxylic acids is 3. The minimum atomic E-state index is -0.868. The molecule has 1 aliphatic rings. The molecule has 1 aromatic carbocycles. The summed E-state index contributed by atoms with van der Waals surface area (Å²) in [4.78, 5) is 56.6. The predicted molar refractivity (Wildman–Crippen MR) is 164 cm³/mol. The fraction of sp³-hybridized carbons (Fsp3) is 0.452. The molecule has 0 unspecified atom stereocenters. The van der Waals surface area contributed by atoms with Gasteiger partial charge in [0.1, 0.15) is 11.2 Å². The zero-order valence-electron chi connectivity index (χ0n) is 26.0. The number of benzene rings is 1. The van der Waals surface area contributed by atoms with Gasteiger partial charge in [-0.05, 0) is 66.7 Å². The second-order valence-corrected chi connectivity index (χ2v) is 13.2. The van der Waals surface area contributed by atoms with Crippen LogP contribution in [-0.2, 0) is 20.8 Å². The third-order valence-electron chi connectivity index (χ3n) is 6.18. The average molecular weight is 621 g/mol. The van der Waals surface area contributed by atoms with Crippen LogP contribution in [-0.4, -0.2) is 75.3 Å². The van der Waals surface area contributed by atoms with E-state index in [1.54, 1.807) is 60.6 Å². The van der Waals surface area contributed by atoms with E-state index in [1.807, 2.05) is 0 Å². The largest absolute Gasteiger partial charge is 0.443 e. The number of nitrogens with zero attached hydrogens (tertiary/aromatic N) is 6. The maximum absolute atomic E-state index is 13.9. The van der Waals surface area contributed by atoms with E-state index in [2.05, 4.69) is 25.9 Å². The van der Waals surface area contributed by atoms with E-state index in [9.17, 15) is 19.6 Å². The molecule has 2 amide bonds. The van der Waals surface area contributed by atoms with Crippen LogP contribution in [0, 0.1) is 18.3 Å². The van der Waals surface area contributed by atoms with E-state index >= 15 is 0 Å². The molecule has 2 aromatic heterocycles. The minimum Gasteiger partial charge on any atom is -0.443 e. The lowest BCUT2D eigenvalue weighted by Gasteiger charge is -2.28. The lowest BCUT2D eigenvalue weighted by Crippen LogP contribution is -2.43. The summed E-state index contributed by atoms with van der Waals surface area (Å²) in [6, 6.07) is 6.84. The van der Waals surface area contributed by atoms with Gasteiger partial charge >= 0.3 is 12.2 Å². The number of carbonyl (C=O) groups is 3. The molecule has 3 aromatic rings. The fourth-order valence-electron chi connectivity index (χ4n) is 4.20. The molecule has 1 saturated heterocycles. The van der Waals surface area contributed by atoms with Crippen LogP contribution in [0.25, 0.3) is 11.4 Å². The second-order valence-electron chi connectivity index (χ2n) is 12.2. The summed E-state index contributed by atoms with van der Waals surface area (Å²) in [5.41, 5.74) is 0.356. The highest BCUT2D eigenvalue weighted by atomic mass is 32.1. The number of amides is 2. The van der Waals surface area contributed by atoms with Crippen LogP contribution in [0.2, 0.25) is 0 Å². The van der Waals surface area contributed by atoms with Crippen molar-refractivity contribution in [2.24, 2.45) is 0 Å². The van der Waals surface area contributed by atoms with Gasteiger partial charge in [0.25, 0.3) is 0 Å². The molecule has 12 nitrogen and oxygen atoms in total. The first-order valence-corrected chi connectivity index (χ1v) is 14.9. The molecule has 44 heavy (non-hydrogen) atoms. The number of aryl methyl sites for hydroxylation is 1. The van der Waals surface area contributed by atoms with Gasteiger partial charge in [-0.3, -0.25) is 4.79 Å². The van der Waals surface area contributed by atoms with Gasteiger partial charge in [0.15, 0.2) is 11.0 Å². The number of nitriles is 1. The second kappa shape index (κ2) is 13.1. The van der Waals surface area contributed by atoms with Crippen LogP contribution in [0.15, 0.2) is 30.6 Å². The summed E-state index contributed by atoms with van der Waals surface area (Å²) >= 11 is 1.30. The zero-order valence-corrected chi connectivity index (χ0v) is 26.8. The average Bonchev–Trinajstić information content (AvgIpc) is 3.35. The van der Waals surface area contributed by atoms with E-state index in [0.29, 0.717) is 53.6 Å². The van der Waals surface area contributed by atoms with E-state index in [1.165, 1.54) is 29.8 Å². The lowest BCUT2D eigenvalue weighted by molar-refractivity contribution is -0.000296. The van der Waals surface area contributed by atoms with Crippen LogP contribution in [0.5, 0.6) is 0 Å². The van der Waals surface area contributed by atoms with Gasteiger partial charge in [-0.2, -0.15) is 5.26 Å². The first-order valence-electron chi connectivity index (χ1n) is 14.1. The van der Waals surface area contributed by atoms with Crippen molar-refractivity contribution in [3.63, 3.8) is 0 Å². The molecule has 4 rings (SSSR count). The Hall–Kier alpha value is -4.41. The summed E-state index contributed by atoms with van der Waals surface area (Å²) in [7, 11) is 0. The Bertz CT molecular complexity index is 1550. The van der Waals surface area contributed by atoms with Crippen molar-refractivity contribution in [2.45, 2.75) is 66.2 Å². The van der Waals surface area contributed by atoms with Gasteiger partial charge in [0.2, 0.25) is 5.78 Å². The molecule has 0 N–H and O–H groups in total. The van der Waals surface area contributed by atoms with Crippen molar-refractivity contribution in [1.29, 1.82) is 5.26 Å². The zero-order chi connectivity index (χ0) is 32.2. The van der Waals surface area contributed by atoms with Crippen molar-refractivity contribution < 1.29 is 28.6 Å². The molecule has 0 saturated carbocycles. The Morgan fingerprint density at radius 3 is 2.16 bits per heavy atom. The molecule has 232 valence electrons. The molecule has 0 bridgehead atoms. The normalized spacial score (nSPS) is 13.6. The third-order valence-corrected chi connectivity index (χ3v) is 7.40. The molecular formula is C31H36N6O6S. The van der Waals surface area contributed by atoms with Crippen LogP contribution in [0.4, 0.5) is 14.7 Å². The third kappa shape index (κ3) is 8.15. The maximum Gasteiger partial charge on any atom is 0.420 e. The number of morpholine rings is 1. The number of ketones is 1. The molecular weight excluding hydrogens is 584 g/mol. The van der Waals surface area contributed by atoms with Gasteiger partial charge < -0.3 is 19.1 Å². The monoisotopic (exact) mass is 620 g/mol. The molecule has 0 aliphatic carbocycles. The molecule has 0 radical (unpaired) electrons. The number of hydrogen-bond acceptors (Lipinski definition) is 12. The van der Waals surface area contributed by atoms with Crippen LogP contribution >= 0.6 is 11.3 Å². The number of ether oxygens (including phenoxy) is 3.